The predicted molar refractivity (Wildman–Crippen MR) is 73.3 cm³/mol. The van der Waals surface area contributed by atoms with Crippen molar-refractivity contribution in [1.29, 1.82) is 0 Å². The summed E-state index contributed by atoms with van der Waals surface area (Å²) in [6, 6.07) is 3.66. The Morgan fingerprint density at radius 2 is 2.15 bits per heavy atom. The summed E-state index contributed by atoms with van der Waals surface area (Å²) in [7, 11) is -3.88. The van der Waals surface area contributed by atoms with Gasteiger partial charge in [-0.15, -0.1) is 0 Å². The number of benzene rings is 1. The van der Waals surface area contributed by atoms with Gasteiger partial charge in [0.15, 0.2) is 0 Å². The molecule has 0 spiro atoms. The Morgan fingerprint density at radius 3 is 2.75 bits per heavy atom. The first kappa shape index (κ1) is 14.8. The van der Waals surface area contributed by atoms with Crippen molar-refractivity contribution in [2.75, 3.05) is 25.5 Å². The molecule has 1 fully saturated rings. The van der Waals surface area contributed by atoms with Crippen LogP contribution in [0, 0.1) is 6.92 Å². The van der Waals surface area contributed by atoms with Crippen LogP contribution < -0.4 is 11.5 Å². The Kier molecular flexibility index (Phi) is 3.98. The molecule has 1 unspecified atom stereocenters. The minimum atomic E-state index is -3.88. The molecule has 1 aromatic carbocycles. The van der Waals surface area contributed by atoms with Crippen molar-refractivity contribution in [3.05, 3.63) is 23.8 Å². The molecule has 1 aliphatic heterocycles. The Bertz CT molecular complexity index is 630. The van der Waals surface area contributed by atoms with E-state index in [2.05, 4.69) is 0 Å². The summed E-state index contributed by atoms with van der Waals surface area (Å²) in [5, 5.41) is 0. The van der Waals surface area contributed by atoms with Gasteiger partial charge in [0.1, 0.15) is 10.9 Å². The van der Waals surface area contributed by atoms with Gasteiger partial charge >= 0.3 is 0 Å². The van der Waals surface area contributed by atoms with Gasteiger partial charge in [0.2, 0.25) is 15.9 Å². The van der Waals surface area contributed by atoms with Crippen LogP contribution in [0.1, 0.15) is 5.56 Å². The lowest BCUT2D eigenvalue weighted by molar-refractivity contribution is -0.125. The zero-order chi connectivity index (χ0) is 14.9. The van der Waals surface area contributed by atoms with E-state index in [1.54, 1.807) is 12.1 Å². The van der Waals surface area contributed by atoms with Gasteiger partial charge in [0.25, 0.3) is 0 Å². The standard InChI is InChI=1S/C12H17N3O4S/c1-8-2-3-11(9(13)6-8)20(17,18)15-4-5-19-7-10(15)12(14)16/h2-3,6,10H,4-5,7,13H2,1H3,(H2,14,16). The number of nitrogens with zero attached hydrogens (tertiary/aromatic N) is 1. The van der Waals surface area contributed by atoms with Gasteiger partial charge in [-0.1, -0.05) is 6.07 Å². The fourth-order valence-electron chi connectivity index (χ4n) is 2.13. The van der Waals surface area contributed by atoms with E-state index in [1.807, 2.05) is 6.92 Å². The van der Waals surface area contributed by atoms with Crippen LogP contribution in [-0.2, 0) is 19.6 Å². The fraction of sp³-hybridized carbons (Fsp3) is 0.417. The maximum atomic E-state index is 12.6. The van der Waals surface area contributed by atoms with E-state index in [9.17, 15) is 13.2 Å². The number of rotatable bonds is 3. The van der Waals surface area contributed by atoms with Crippen molar-refractivity contribution in [3.8, 4) is 0 Å². The highest BCUT2D eigenvalue weighted by atomic mass is 32.2. The number of aryl methyl sites for hydroxylation is 1. The lowest BCUT2D eigenvalue weighted by Crippen LogP contribution is -2.54. The number of amides is 1. The second kappa shape index (κ2) is 5.39. The van der Waals surface area contributed by atoms with Crippen LogP contribution in [0.2, 0.25) is 0 Å². The molecule has 1 heterocycles. The zero-order valence-corrected chi connectivity index (χ0v) is 11.9. The first-order valence-corrected chi connectivity index (χ1v) is 7.53. The van der Waals surface area contributed by atoms with E-state index < -0.39 is 22.0 Å². The molecular formula is C12H17N3O4S. The number of nitrogen functional groups attached to an aromatic ring is 1. The largest absolute Gasteiger partial charge is 0.398 e. The number of nitrogens with two attached hydrogens (primary N) is 2. The summed E-state index contributed by atoms with van der Waals surface area (Å²) >= 11 is 0. The molecule has 1 amide bonds. The van der Waals surface area contributed by atoms with Crippen molar-refractivity contribution >= 4 is 21.6 Å². The number of sulfonamides is 1. The summed E-state index contributed by atoms with van der Waals surface area (Å²) in [6.07, 6.45) is 0. The lowest BCUT2D eigenvalue weighted by atomic mass is 10.2. The molecule has 0 radical (unpaired) electrons. The normalized spacial score (nSPS) is 20.8. The van der Waals surface area contributed by atoms with Crippen LogP contribution in [0.25, 0.3) is 0 Å². The summed E-state index contributed by atoms with van der Waals surface area (Å²) in [4.78, 5) is 11.4. The van der Waals surface area contributed by atoms with E-state index in [1.165, 1.54) is 6.07 Å². The average molecular weight is 299 g/mol. The summed E-state index contributed by atoms with van der Waals surface area (Å²) in [5.74, 6) is -0.737. The Labute approximate surface area is 117 Å². The Balaban J connectivity index is 2.45. The third kappa shape index (κ3) is 2.62. The Hall–Kier alpha value is -1.64. The molecule has 1 atom stereocenters. The topological polar surface area (TPSA) is 116 Å². The highest BCUT2D eigenvalue weighted by Crippen LogP contribution is 2.26. The highest BCUT2D eigenvalue weighted by molar-refractivity contribution is 7.89. The minimum absolute atomic E-state index is 0.0174. The van der Waals surface area contributed by atoms with Crippen molar-refractivity contribution in [2.45, 2.75) is 17.9 Å². The molecule has 7 nitrogen and oxygen atoms in total. The smallest absolute Gasteiger partial charge is 0.246 e. The van der Waals surface area contributed by atoms with Gasteiger partial charge < -0.3 is 16.2 Å². The van der Waals surface area contributed by atoms with E-state index in [0.29, 0.717) is 0 Å². The SMILES string of the molecule is Cc1ccc(S(=O)(=O)N2CCOCC2C(N)=O)c(N)c1. The third-order valence-electron chi connectivity index (χ3n) is 3.16. The van der Waals surface area contributed by atoms with Crippen LogP contribution in [-0.4, -0.2) is 44.4 Å². The fourth-order valence-corrected chi connectivity index (χ4v) is 3.79. The Morgan fingerprint density at radius 1 is 1.45 bits per heavy atom. The van der Waals surface area contributed by atoms with Crippen LogP contribution in [0.5, 0.6) is 0 Å². The molecule has 0 saturated carbocycles. The number of anilines is 1. The molecule has 1 aromatic rings. The van der Waals surface area contributed by atoms with Crippen LogP contribution >= 0.6 is 0 Å². The monoisotopic (exact) mass is 299 g/mol. The van der Waals surface area contributed by atoms with Crippen molar-refractivity contribution in [3.63, 3.8) is 0 Å². The maximum Gasteiger partial charge on any atom is 0.246 e. The number of morpholine rings is 1. The average Bonchev–Trinajstić information content (AvgIpc) is 2.38. The summed E-state index contributed by atoms with van der Waals surface area (Å²) in [6.45, 7) is 2.06. The number of primary amides is 1. The molecule has 0 bridgehead atoms. The highest BCUT2D eigenvalue weighted by Gasteiger charge is 2.38. The van der Waals surface area contributed by atoms with Crippen LogP contribution in [0.4, 0.5) is 5.69 Å². The van der Waals surface area contributed by atoms with Gasteiger partial charge in [0.05, 0.1) is 18.9 Å². The van der Waals surface area contributed by atoms with Gasteiger partial charge in [-0.25, -0.2) is 8.42 Å². The van der Waals surface area contributed by atoms with E-state index in [4.69, 9.17) is 16.2 Å². The summed E-state index contributed by atoms with van der Waals surface area (Å²) in [5.41, 5.74) is 12.0. The molecule has 0 aromatic heterocycles. The van der Waals surface area contributed by atoms with Crippen LogP contribution in [0.15, 0.2) is 23.1 Å². The minimum Gasteiger partial charge on any atom is -0.398 e. The van der Waals surface area contributed by atoms with Crippen molar-refractivity contribution < 1.29 is 17.9 Å². The maximum absolute atomic E-state index is 12.6. The van der Waals surface area contributed by atoms with Crippen molar-refractivity contribution in [1.82, 2.24) is 4.31 Å². The molecule has 2 rings (SSSR count). The molecule has 8 heteroatoms. The number of hydrogen-bond donors (Lipinski definition) is 2. The van der Waals surface area contributed by atoms with E-state index in [0.717, 1.165) is 9.87 Å². The van der Waals surface area contributed by atoms with Gasteiger partial charge in [-0.3, -0.25) is 4.79 Å². The number of carbonyl (C=O) groups is 1. The first-order valence-electron chi connectivity index (χ1n) is 6.09. The second-order valence-electron chi connectivity index (χ2n) is 4.65. The van der Waals surface area contributed by atoms with Gasteiger partial charge in [0, 0.05) is 6.54 Å². The number of hydrogen-bond acceptors (Lipinski definition) is 5. The van der Waals surface area contributed by atoms with E-state index in [-0.39, 0.29) is 30.3 Å². The van der Waals surface area contributed by atoms with Crippen molar-refractivity contribution in [2.24, 2.45) is 5.73 Å². The molecule has 110 valence electrons. The molecule has 4 N–H and O–H groups in total. The predicted octanol–water partition coefficient (Wildman–Crippen LogP) is -0.548. The zero-order valence-electron chi connectivity index (χ0n) is 11.1. The molecular weight excluding hydrogens is 282 g/mol. The third-order valence-corrected chi connectivity index (χ3v) is 5.14. The summed E-state index contributed by atoms with van der Waals surface area (Å²) < 4.78 is 31.4. The molecule has 1 saturated heterocycles. The molecule has 1 aliphatic rings. The number of carbonyl (C=O) groups excluding carboxylic acids is 1. The van der Waals surface area contributed by atoms with Crippen LogP contribution in [0.3, 0.4) is 0 Å². The quantitative estimate of drug-likeness (QED) is 0.727. The lowest BCUT2D eigenvalue weighted by Gasteiger charge is -2.32. The van der Waals surface area contributed by atoms with Gasteiger partial charge in [-0.2, -0.15) is 4.31 Å². The van der Waals surface area contributed by atoms with E-state index >= 15 is 0 Å². The molecule has 0 aliphatic carbocycles. The second-order valence-corrected chi connectivity index (χ2v) is 6.51. The first-order chi connectivity index (χ1) is 9.34. The molecule has 20 heavy (non-hydrogen) atoms. The number of ether oxygens (including phenoxy) is 1. The van der Waals surface area contributed by atoms with Gasteiger partial charge in [-0.05, 0) is 24.6 Å².